The molecule has 0 unspecified atom stereocenters. The number of fused-ring (bicyclic) bond motifs is 13. The number of aromatic nitrogens is 4. The molecule has 14 rings (SSSR count). The zero-order chi connectivity index (χ0) is 46.7. The van der Waals surface area contributed by atoms with Gasteiger partial charge in [-0.15, -0.1) is 29.7 Å². The average Bonchev–Trinajstić information content (AvgIpc) is 4.07. The molecule has 1 aliphatic rings. The van der Waals surface area contributed by atoms with Crippen LogP contribution in [0.2, 0.25) is 0 Å². The molecule has 6 nitrogen and oxygen atoms in total. The Balaban J connectivity index is 0.00000492. The molecule has 0 saturated heterocycles. The molecule has 0 radical (unpaired) electrons. The minimum atomic E-state index is -0.0778. The van der Waals surface area contributed by atoms with Crippen molar-refractivity contribution in [1.82, 2.24) is 14.1 Å². The zero-order valence-corrected chi connectivity index (χ0v) is 41.2. The van der Waals surface area contributed by atoms with Crippen molar-refractivity contribution in [3.05, 3.63) is 224 Å². The third-order valence-corrected chi connectivity index (χ3v) is 14.0. The van der Waals surface area contributed by atoms with Gasteiger partial charge in [0.15, 0.2) is 0 Å². The summed E-state index contributed by atoms with van der Waals surface area (Å²) in [4.78, 5) is 4.97. The van der Waals surface area contributed by atoms with Gasteiger partial charge in [0, 0.05) is 55.1 Å². The maximum Gasteiger partial charge on any atom is 0.268 e. The van der Waals surface area contributed by atoms with Crippen molar-refractivity contribution in [3.8, 4) is 73.2 Å². The minimum Gasteiger partial charge on any atom is -0.510 e. The minimum absolute atomic E-state index is 0. The third-order valence-electron chi connectivity index (χ3n) is 14.0. The molecule has 0 atom stereocenters. The SMILES string of the molecule is CC(C)(C)c1ccnc(-n2c3[c-]c(Oc4[c-]c(-n5[c-][n+]6c7c(cccc75)-c5ccccc5-c5ccccc5-c5cccc(-c7ccccc7)c5-6)ccc4)ccc3c3cc4oc5ccccc5c4cc32)c1.[Pt]. The number of benzene rings is 9. The van der Waals surface area contributed by atoms with Crippen molar-refractivity contribution >= 4 is 54.8 Å². The van der Waals surface area contributed by atoms with Gasteiger partial charge in [0.25, 0.3) is 6.33 Å². The maximum absolute atomic E-state index is 6.79. The maximum atomic E-state index is 6.79. The number of hydrogen-bond acceptors (Lipinski definition) is 3. The van der Waals surface area contributed by atoms with E-state index in [1.807, 2.05) is 36.5 Å². The molecule has 0 aliphatic carbocycles. The van der Waals surface area contributed by atoms with E-state index in [-0.39, 0.29) is 26.5 Å². The molecule has 0 saturated carbocycles. The molecular formula is C64H42N4O2Pt-2. The van der Waals surface area contributed by atoms with Gasteiger partial charge >= 0.3 is 0 Å². The second-order valence-electron chi connectivity index (χ2n) is 19.1. The van der Waals surface area contributed by atoms with Crippen LogP contribution >= 0.6 is 0 Å². The smallest absolute Gasteiger partial charge is 0.268 e. The van der Waals surface area contributed by atoms with Gasteiger partial charge in [0.2, 0.25) is 0 Å². The van der Waals surface area contributed by atoms with Gasteiger partial charge in [0.05, 0.1) is 16.7 Å². The largest absolute Gasteiger partial charge is 0.510 e. The normalized spacial score (nSPS) is 12.0. The first kappa shape index (κ1) is 42.8. The third kappa shape index (κ3) is 6.81. The Morgan fingerprint density at radius 3 is 1.99 bits per heavy atom. The fourth-order valence-electron chi connectivity index (χ4n) is 10.7. The first-order valence-corrected chi connectivity index (χ1v) is 23.7. The summed E-state index contributed by atoms with van der Waals surface area (Å²) >= 11 is 0. The van der Waals surface area contributed by atoms with Crippen LogP contribution in [0, 0.1) is 18.5 Å². The van der Waals surface area contributed by atoms with Crippen molar-refractivity contribution in [2.45, 2.75) is 26.2 Å². The summed E-state index contributed by atoms with van der Waals surface area (Å²) in [6.45, 7) is 6.68. The predicted octanol–water partition coefficient (Wildman–Crippen LogP) is 15.8. The number of hydrogen-bond donors (Lipinski definition) is 0. The standard InChI is InChI=1S/C64H42N4O2.Pt/c1-64(2,3)41-32-33-65-61(34-41)68-57-36-44(30-31-50(57)54-38-60-55(37-58(54)68)51-24-11-12-29-59(51)70-60)69-43-19-13-18-42(35-43)66-39-67-62-45(40-16-5-4-6-17-40)25-14-26-52(62)48-22-9-7-20-46(48)47-21-8-10-23-49(47)53-27-15-28-56(66)63(53)67;/h4-34,37-38H,1-3H3;/q-2;. The quantitative estimate of drug-likeness (QED) is 0.127. The number of pyridine rings is 1. The molecule has 4 aromatic heterocycles. The number of ether oxygens (including phenoxy) is 1. The van der Waals surface area contributed by atoms with Crippen molar-refractivity contribution in [2.24, 2.45) is 0 Å². The van der Waals surface area contributed by atoms with Crippen molar-refractivity contribution in [3.63, 3.8) is 0 Å². The second kappa shape index (κ2) is 16.4. The molecule has 0 amide bonds. The van der Waals surface area contributed by atoms with Crippen molar-refractivity contribution in [1.29, 1.82) is 0 Å². The van der Waals surface area contributed by atoms with Gasteiger partial charge in [-0.2, -0.15) is 18.2 Å². The van der Waals surface area contributed by atoms with Gasteiger partial charge in [-0.1, -0.05) is 160 Å². The van der Waals surface area contributed by atoms with E-state index in [1.165, 1.54) is 16.7 Å². The van der Waals surface area contributed by atoms with Crippen LogP contribution in [0.5, 0.6) is 11.5 Å². The number of imidazole rings is 1. The van der Waals surface area contributed by atoms with Gasteiger partial charge in [-0.3, -0.25) is 4.57 Å². The zero-order valence-electron chi connectivity index (χ0n) is 39.0. The first-order valence-electron chi connectivity index (χ1n) is 23.7. The van der Waals surface area contributed by atoms with Crippen LogP contribution in [-0.4, -0.2) is 14.1 Å². The molecule has 71 heavy (non-hydrogen) atoms. The van der Waals surface area contributed by atoms with E-state index in [2.05, 4.69) is 217 Å². The number of rotatable bonds is 5. The molecule has 342 valence electrons. The molecule has 1 aliphatic heterocycles. The summed E-state index contributed by atoms with van der Waals surface area (Å²) in [6.07, 6.45) is 5.79. The molecule has 0 spiro atoms. The van der Waals surface area contributed by atoms with E-state index in [4.69, 9.17) is 14.1 Å². The van der Waals surface area contributed by atoms with E-state index in [9.17, 15) is 0 Å². The summed E-state index contributed by atoms with van der Waals surface area (Å²) < 4.78 is 19.8. The van der Waals surface area contributed by atoms with Crippen LogP contribution in [0.3, 0.4) is 0 Å². The van der Waals surface area contributed by atoms with Crippen molar-refractivity contribution in [2.75, 3.05) is 0 Å². The average molecular weight is 1090 g/mol. The van der Waals surface area contributed by atoms with Gasteiger partial charge in [0.1, 0.15) is 17.0 Å². The molecule has 0 N–H and O–H groups in total. The van der Waals surface area contributed by atoms with Crippen LogP contribution < -0.4 is 9.30 Å². The van der Waals surface area contributed by atoms with Gasteiger partial charge in [-0.05, 0) is 96.9 Å². The number of para-hydroxylation sites is 3. The summed E-state index contributed by atoms with van der Waals surface area (Å²) in [5.41, 5.74) is 17.7. The first-order chi connectivity index (χ1) is 34.3. The van der Waals surface area contributed by atoms with E-state index in [1.54, 1.807) is 0 Å². The fourth-order valence-corrected chi connectivity index (χ4v) is 10.7. The molecular weight excluding hydrogens is 1050 g/mol. The molecule has 0 bridgehead atoms. The summed E-state index contributed by atoms with van der Waals surface area (Å²) in [7, 11) is 0. The topological polar surface area (TPSA) is 49.0 Å². The Kier molecular flexibility index (Phi) is 9.88. The summed E-state index contributed by atoms with van der Waals surface area (Å²) in [5.74, 6) is 1.92. The monoisotopic (exact) mass is 1090 g/mol. The number of furan rings is 1. The van der Waals surface area contributed by atoms with Gasteiger partial charge < -0.3 is 18.3 Å². The van der Waals surface area contributed by atoms with Crippen LogP contribution in [-0.2, 0) is 26.5 Å². The Hall–Kier alpha value is -8.31. The van der Waals surface area contributed by atoms with Crippen LogP contribution in [0.15, 0.2) is 205 Å². The van der Waals surface area contributed by atoms with E-state index < -0.39 is 0 Å². The summed E-state index contributed by atoms with van der Waals surface area (Å²) in [6, 6.07) is 75.7. The summed E-state index contributed by atoms with van der Waals surface area (Å²) in [5, 5.41) is 4.19. The Bertz CT molecular complexity index is 4270. The van der Waals surface area contributed by atoms with Gasteiger partial charge in [-0.25, -0.2) is 4.98 Å². The molecule has 9 aromatic carbocycles. The van der Waals surface area contributed by atoms with Crippen LogP contribution in [0.1, 0.15) is 26.3 Å². The predicted molar refractivity (Wildman–Crippen MR) is 281 cm³/mol. The Morgan fingerprint density at radius 1 is 0.521 bits per heavy atom. The fraction of sp³-hybridized carbons (Fsp3) is 0.0625. The van der Waals surface area contributed by atoms with Crippen LogP contribution in [0.25, 0.3) is 116 Å². The van der Waals surface area contributed by atoms with E-state index in [0.717, 1.165) is 105 Å². The Morgan fingerprint density at radius 2 is 1.18 bits per heavy atom. The molecule has 7 heteroatoms. The van der Waals surface area contributed by atoms with E-state index >= 15 is 0 Å². The molecule has 13 aromatic rings. The van der Waals surface area contributed by atoms with Crippen molar-refractivity contribution < 1.29 is 34.8 Å². The second-order valence-corrected chi connectivity index (χ2v) is 19.1. The molecule has 5 heterocycles. The number of nitrogens with zero attached hydrogens (tertiary/aromatic N) is 4. The van der Waals surface area contributed by atoms with Crippen LogP contribution in [0.4, 0.5) is 0 Å². The molecule has 0 fully saturated rings. The Labute approximate surface area is 424 Å². The van der Waals surface area contributed by atoms with E-state index in [0.29, 0.717) is 11.5 Å².